The van der Waals surface area contributed by atoms with E-state index in [1.807, 2.05) is 43.3 Å². The first-order chi connectivity index (χ1) is 23.0. The second-order valence-corrected chi connectivity index (χ2v) is 11.4. The predicted molar refractivity (Wildman–Crippen MR) is 186 cm³/mol. The SMILES string of the molecule is C=C(C=CC(=CC)C(=O)N(CC(=O)O)Cc1ccc(OC(=O)c2ccc(-c3ccc(C)cc3)cc2)cc1)NC(=O)Cc1ccc(Cl)cc1. The van der Waals surface area contributed by atoms with Crippen LogP contribution in [0, 0.1) is 6.92 Å². The lowest BCUT2D eigenvalue weighted by molar-refractivity contribution is -0.143. The van der Waals surface area contributed by atoms with E-state index in [1.165, 1.54) is 22.6 Å². The fourth-order valence-corrected chi connectivity index (χ4v) is 4.80. The normalized spacial score (nSPS) is 11.2. The molecule has 0 aliphatic heterocycles. The summed E-state index contributed by atoms with van der Waals surface area (Å²) >= 11 is 5.89. The highest BCUT2D eigenvalue weighted by molar-refractivity contribution is 6.30. The van der Waals surface area contributed by atoms with Gasteiger partial charge in [-0.05, 0) is 84.7 Å². The van der Waals surface area contributed by atoms with Crippen LogP contribution in [0.5, 0.6) is 5.75 Å². The first-order valence-electron chi connectivity index (χ1n) is 15.1. The molecule has 4 rings (SSSR count). The van der Waals surface area contributed by atoms with Crippen molar-refractivity contribution in [3.05, 3.63) is 160 Å². The van der Waals surface area contributed by atoms with E-state index in [-0.39, 0.29) is 30.1 Å². The molecule has 9 heteroatoms. The number of hydrogen-bond acceptors (Lipinski definition) is 5. The fourth-order valence-electron chi connectivity index (χ4n) is 4.67. The molecule has 0 unspecified atom stereocenters. The quantitative estimate of drug-likeness (QED) is 0.0671. The highest BCUT2D eigenvalue weighted by Crippen LogP contribution is 2.22. The van der Waals surface area contributed by atoms with E-state index in [0.29, 0.717) is 21.9 Å². The minimum atomic E-state index is -1.18. The number of aryl methyl sites for hydroxylation is 1. The van der Waals surface area contributed by atoms with E-state index < -0.39 is 24.4 Å². The Morgan fingerprint density at radius 2 is 1.42 bits per heavy atom. The van der Waals surface area contributed by atoms with Crippen LogP contribution in [0.2, 0.25) is 5.02 Å². The molecule has 4 aromatic carbocycles. The molecule has 0 saturated carbocycles. The molecule has 2 N–H and O–H groups in total. The molecule has 8 nitrogen and oxygen atoms in total. The number of nitrogens with one attached hydrogen (secondary N) is 1. The van der Waals surface area contributed by atoms with Gasteiger partial charge in [0.15, 0.2) is 0 Å². The molecule has 244 valence electrons. The summed E-state index contributed by atoms with van der Waals surface area (Å²) < 4.78 is 5.53. The summed E-state index contributed by atoms with van der Waals surface area (Å²) in [6.45, 7) is 6.94. The first kappa shape index (κ1) is 35.1. The fraction of sp³-hybridized carbons (Fsp3) is 0.128. The smallest absolute Gasteiger partial charge is 0.343 e. The Hall–Kier alpha value is -5.73. The number of esters is 1. The van der Waals surface area contributed by atoms with Gasteiger partial charge in [0, 0.05) is 22.8 Å². The summed E-state index contributed by atoms with van der Waals surface area (Å²) in [5.74, 6) is -2.22. The van der Waals surface area contributed by atoms with Crippen LogP contribution in [0.1, 0.15) is 34.0 Å². The molecule has 0 radical (unpaired) electrons. The molecular formula is C39H35ClN2O6. The first-order valence-corrected chi connectivity index (χ1v) is 15.5. The van der Waals surface area contributed by atoms with Crippen molar-refractivity contribution >= 4 is 35.4 Å². The lowest BCUT2D eigenvalue weighted by Crippen LogP contribution is -2.35. The minimum Gasteiger partial charge on any atom is -0.480 e. The maximum atomic E-state index is 13.4. The van der Waals surface area contributed by atoms with Gasteiger partial charge in [-0.1, -0.05) is 90.5 Å². The van der Waals surface area contributed by atoms with Crippen molar-refractivity contribution in [1.29, 1.82) is 0 Å². The highest BCUT2D eigenvalue weighted by Gasteiger charge is 2.20. The largest absolute Gasteiger partial charge is 0.480 e. The van der Waals surface area contributed by atoms with Crippen LogP contribution in [-0.4, -0.2) is 40.3 Å². The maximum Gasteiger partial charge on any atom is 0.343 e. The van der Waals surface area contributed by atoms with Gasteiger partial charge in [0.2, 0.25) is 5.91 Å². The lowest BCUT2D eigenvalue weighted by atomic mass is 10.0. The van der Waals surface area contributed by atoms with Gasteiger partial charge in [-0.25, -0.2) is 4.79 Å². The van der Waals surface area contributed by atoms with Crippen molar-refractivity contribution in [3.8, 4) is 16.9 Å². The zero-order valence-corrected chi connectivity index (χ0v) is 27.4. The van der Waals surface area contributed by atoms with Crippen LogP contribution in [0.4, 0.5) is 0 Å². The third-order valence-corrected chi connectivity index (χ3v) is 7.48. The van der Waals surface area contributed by atoms with Crippen LogP contribution < -0.4 is 10.1 Å². The molecule has 0 atom stereocenters. The van der Waals surface area contributed by atoms with E-state index in [9.17, 15) is 24.3 Å². The number of hydrogen-bond donors (Lipinski definition) is 2. The van der Waals surface area contributed by atoms with Gasteiger partial charge in [-0.15, -0.1) is 0 Å². The van der Waals surface area contributed by atoms with Gasteiger partial charge in [-0.3, -0.25) is 14.4 Å². The van der Waals surface area contributed by atoms with E-state index >= 15 is 0 Å². The summed E-state index contributed by atoms with van der Waals surface area (Å²) in [7, 11) is 0. The summed E-state index contributed by atoms with van der Waals surface area (Å²) in [5.41, 5.74) is 5.46. The lowest BCUT2D eigenvalue weighted by Gasteiger charge is -2.21. The molecule has 0 fully saturated rings. The zero-order chi connectivity index (χ0) is 34.6. The molecule has 4 aromatic rings. The number of aliphatic carboxylic acids is 1. The van der Waals surface area contributed by atoms with Gasteiger partial charge in [0.25, 0.3) is 5.91 Å². The van der Waals surface area contributed by atoms with Gasteiger partial charge in [-0.2, -0.15) is 0 Å². The molecular weight excluding hydrogens is 628 g/mol. The monoisotopic (exact) mass is 662 g/mol. The Kier molecular flexibility index (Phi) is 12.2. The number of amides is 2. The number of allylic oxidation sites excluding steroid dienone is 2. The maximum absolute atomic E-state index is 13.4. The van der Waals surface area contributed by atoms with Gasteiger partial charge < -0.3 is 20.1 Å². The van der Waals surface area contributed by atoms with Crippen LogP contribution >= 0.6 is 11.6 Å². The van der Waals surface area contributed by atoms with Gasteiger partial charge >= 0.3 is 11.9 Å². The van der Waals surface area contributed by atoms with Crippen LogP contribution in [0.3, 0.4) is 0 Å². The summed E-state index contributed by atoms with van der Waals surface area (Å²) in [6.07, 6.45) is 4.61. The number of carbonyl (C=O) groups is 4. The number of carbonyl (C=O) groups excluding carboxylic acids is 3. The van der Waals surface area contributed by atoms with E-state index in [2.05, 4.69) is 11.9 Å². The molecule has 48 heavy (non-hydrogen) atoms. The molecule has 0 bridgehead atoms. The second kappa shape index (κ2) is 16.7. The second-order valence-electron chi connectivity index (χ2n) is 11.0. The third kappa shape index (κ3) is 10.4. The molecule has 2 amide bonds. The van der Waals surface area contributed by atoms with Crippen molar-refractivity contribution in [3.63, 3.8) is 0 Å². The number of ether oxygens (including phenoxy) is 1. The molecule has 0 heterocycles. The predicted octanol–water partition coefficient (Wildman–Crippen LogP) is 7.32. The molecule has 0 spiro atoms. The van der Waals surface area contributed by atoms with Crippen molar-refractivity contribution < 1.29 is 29.0 Å². The molecule has 0 aliphatic rings. The van der Waals surface area contributed by atoms with Crippen LogP contribution in [-0.2, 0) is 27.3 Å². The van der Waals surface area contributed by atoms with Gasteiger partial charge in [0.05, 0.1) is 12.0 Å². The molecule has 0 aromatic heterocycles. The molecule has 0 saturated heterocycles. The van der Waals surface area contributed by atoms with Crippen LogP contribution in [0.25, 0.3) is 11.1 Å². The van der Waals surface area contributed by atoms with Crippen molar-refractivity contribution in [2.24, 2.45) is 0 Å². The van der Waals surface area contributed by atoms with Crippen LogP contribution in [0.15, 0.2) is 133 Å². The summed E-state index contributed by atoms with van der Waals surface area (Å²) in [4.78, 5) is 51.3. The van der Waals surface area contributed by atoms with Gasteiger partial charge in [0.1, 0.15) is 12.3 Å². The standard InChI is InChI=1S/C39H35ClN2O6/c1-4-30(14-7-27(3)41-36(43)23-28-8-19-34(40)20-9-28)38(46)42(25-37(44)45)24-29-10-21-35(22-11-29)48-39(47)33-17-15-32(16-18-33)31-12-5-26(2)6-13-31/h4-22H,3,23-25H2,1-2H3,(H,41,43)(H,44,45). The number of nitrogens with zero attached hydrogens (tertiary/aromatic N) is 1. The number of benzene rings is 4. The summed E-state index contributed by atoms with van der Waals surface area (Å²) in [5, 5.41) is 12.7. The third-order valence-electron chi connectivity index (χ3n) is 7.23. The minimum absolute atomic E-state index is 0.0101. The average Bonchev–Trinajstić information content (AvgIpc) is 3.06. The highest BCUT2D eigenvalue weighted by atomic mass is 35.5. The van der Waals surface area contributed by atoms with E-state index in [4.69, 9.17) is 16.3 Å². The van der Waals surface area contributed by atoms with Crippen molar-refractivity contribution in [2.45, 2.75) is 26.8 Å². The number of carboxylic acid groups (broad SMARTS) is 1. The van der Waals surface area contributed by atoms with Crippen molar-refractivity contribution in [2.75, 3.05) is 6.54 Å². The number of rotatable bonds is 13. The Bertz CT molecular complexity index is 1840. The Morgan fingerprint density at radius 3 is 2.00 bits per heavy atom. The summed E-state index contributed by atoms with van der Waals surface area (Å²) in [6, 6.07) is 28.6. The Balaban J connectivity index is 1.35. The number of halogens is 1. The number of carboxylic acids is 1. The molecule has 0 aliphatic carbocycles. The van der Waals surface area contributed by atoms with Crippen molar-refractivity contribution in [1.82, 2.24) is 10.2 Å². The average molecular weight is 663 g/mol. The Labute approximate surface area is 284 Å². The van der Waals surface area contributed by atoms with E-state index in [1.54, 1.807) is 73.7 Å². The zero-order valence-electron chi connectivity index (χ0n) is 26.6. The van der Waals surface area contributed by atoms with E-state index in [0.717, 1.165) is 16.7 Å². The Morgan fingerprint density at radius 1 is 0.833 bits per heavy atom. The topological polar surface area (TPSA) is 113 Å².